The van der Waals surface area contributed by atoms with Crippen LogP contribution in [0.25, 0.3) is 0 Å². The fraction of sp³-hybridized carbons (Fsp3) is 0.625. The van der Waals surface area contributed by atoms with Gasteiger partial charge in [-0.25, -0.2) is 0 Å². The first-order chi connectivity index (χ1) is 9.86. The molecule has 4 heteroatoms. The molecular formula is C16H27NO3. The van der Waals surface area contributed by atoms with Gasteiger partial charge in [0, 0.05) is 26.9 Å². The third-order valence-corrected chi connectivity index (χ3v) is 2.85. The van der Waals surface area contributed by atoms with Crippen LogP contribution in [0.4, 0.5) is 0 Å². The maximum Gasteiger partial charge on any atom is 0.0716 e. The molecule has 1 aromatic rings. The van der Waals surface area contributed by atoms with Gasteiger partial charge < -0.3 is 19.5 Å². The first-order valence-electron chi connectivity index (χ1n) is 7.29. The van der Waals surface area contributed by atoms with Crippen LogP contribution in [0.1, 0.15) is 24.5 Å². The Morgan fingerprint density at radius 2 is 1.80 bits per heavy atom. The third-order valence-electron chi connectivity index (χ3n) is 2.85. The molecule has 0 spiro atoms. The number of methoxy groups -OCH3 is 1. The highest BCUT2D eigenvalue weighted by molar-refractivity contribution is 5.22. The Bertz CT molecular complexity index is 344. The first kappa shape index (κ1) is 17.1. The van der Waals surface area contributed by atoms with Crippen LogP contribution < -0.4 is 5.32 Å². The van der Waals surface area contributed by atoms with E-state index in [-0.39, 0.29) is 0 Å². The molecular weight excluding hydrogens is 254 g/mol. The summed E-state index contributed by atoms with van der Waals surface area (Å²) in [6, 6.07) is 8.51. The average molecular weight is 281 g/mol. The molecule has 0 bridgehead atoms. The largest absolute Gasteiger partial charge is 0.382 e. The Morgan fingerprint density at radius 1 is 1.00 bits per heavy atom. The molecule has 0 atom stereocenters. The van der Waals surface area contributed by atoms with Gasteiger partial charge in [0.1, 0.15) is 0 Å². The van der Waals surface area contributed by atoms with E-state index in [1.165, 1.54) is 11.1 Å². The first-order valence-corrected chi connectivity index (χ1v) is 7.29. The summed E-state index contributed by atoms with van der Waals surface area (Å²) in [5, 5.41) is 3.32. The Hall–Kier alpha value is -0.940. The summed E-state index contributed by atoms with van der Waals surface area (Å²) in [5.74, 6) is 0. The fourth-order valence-electron chi connectivity index (χ4n) is 1.80. The highest BCUT2D eigenvalue weighted by atomic mass is 16.5. The maximum absolute atomic E-state index is 5.65. The van der Waals surface area contributed by atoms with Crippen LogP contribution >= 0.6 is 0 Å². The van der Waals surface area contributed by atoms with Crippen LogP contribution in [0.3, 0.4) is 0 Å². The SMILES string of the molecule is CCNCc1cccc(COCCCOCCOC)c1. The van der Waals surface area contributed by atoms with Gasteiger partial charge in [-0.15, -0.1) is 0 Å². The van der Waals surface area contributed by atoms with Gasteiger partial charge in [0.15, 0.2) is 0 Å². The zero-order valence-electron chi connectivity index (χ0n) is 12.7. The molecule has 20 heavy (non-hydrogen) atoms. The summed E-state index contributed by atoms with van der Waals surface area (Å²) in [5.41, 5.74) is 2.52. The molecule has 4 nitrogen and oxygen atoms in total. The van der Waals surface area contributed by atoms with Gasteiger partial charge in [0.2, 0.25) is 0 Å². The van der Waals surface area contributed by atoms with Gasteiger partial charge in [-0.1, -0.05) is 31.2 Å². The fourth-order valence-corrected chi connectivity index (χ4v) is 1.80. The molecule has 0 aromatic heterocycles. The zero-order chi connectivity index (χ0) is 14.5. The summed E-state index contributed by atoms with van der Waals surface area (Å²) in [6.07, 6.45) is 0.917. The van der Waals surface area contributed by atoms with E-state index in [4.69, 9.17) is 14.2 Å². The molecule has 114 valence electrons. The molecule has 0 saturated heterocycles. The van der Waals surface area contributed by atoms with Crippen molar-refractivity contribution in [2.45, 2.75) is 26.5 Å². The quantitative estimate of drug-likeness (QED) is 0.597. The van der Waals surface area contributed by atoms with Crippen molar-refractivity contribution in [2.24, 2.45) is 0 Å². The molecule has 0 heterocycles. The molecule has 0 aliphatic carbocycles. The van der Waals surface area contributed by atoms with E-state index in [2.05, 4.69) is 36.5 Å². The molecule has 0 fully saturated rings. The van der Waals surface area contributed by atoms with Gasteiger partial charge in [0.25, 0.3) is 0 Å². The number of rotatable bonds is 12. The monoisotopic (exact) mass is 281 g/mol. The molecule has 1 rings (SSSR count). The van der Waals surface area contributed by atoms with Crippen LogP contribution in [-0.4, -0.2) is 40.1 Å². The second-order valence-corrected chi connectivity index (χ2v) is 4.61. The molecule has 0 amide bonds. The molecule has 0 aliphatic heterocycles. The van der Waals surface area contributed by atoms with Crippen LogP contribution in [0, 0.1) is 0 Å². The minimum Gasteiger partial charge on any atom is -0.382 e. The van der Waals surface area contributed by atoms with Crippen LogP contribution in [0.2, 0.25) is 0 Å². The normalized spacial score (nSPS) is 10.9. The van der Waals surface area contributed by atoms with Crippen LogP contribution in [0.15, 0.2) is 24.3 Å². The van der Waals surface area contributed by atoms with Crippen LogP contribution in [-0.2, 0) is 27.4 Å². The number of hydrogen-bond donors (Lipinski definition) is 1. The molecule has 0 radical (unpaired) electrons. The predicted molar refractivity (Wildman–Crippen MR) is 80.8 cm³/mol. The Balaban J connectivity index is 2.09. The molecule has 0 unspecified atom stereocenters. The molecule has 1 aromatic carbocycles. The van der Waals surface area contributed by atoms with Gasteiger partial charge >= 0.3 is 0 Å². The Kier molecular flexibility index (Phi) is 10.1. The van der Waals surface area contributed by atoms with Crippen molar-refractivity contribution in [3.8, 4) is 0 Å². The average Bonchev–Trinajstić information content (AvgIpc) is 2.48. The van der Waals surface area contributed by atoms with E-state index in [1.54, 1.807) is 7.11 Å². The smallest absolute Gasteiger partial charge is 0.0716 e. The van der Waals surface area contributed by atoms with E-state index in [1.807, 2.05) is 0 Å². The summed E-state index contributed by atoms with van der Waals surface area (Å²) in [7, 11) is 1.68. The second kappa shape index (κ2) is 11.9. The van der Waals surface area contributed by atoms with Crippen molar-refractivity contribution < 1.29 is 14.2 Å². The minimum atomic E-state index is 0.652. The van der Waals surface area contributed by atoms with Crippen molar-refractivity contribution >= 4 is 0 Å². The van der Waals surface area contributed by atoms with E-state index >= 15 is 0 Å². The number of hydrogen-bond acceptors (Lipinski definition) is 4. The summed E-state index contributed by atoms with van der Waals surface area (Å²) in [6.45, 7) is 7.44. The van der Waals surface area contributed by atoms with Gasteiger partial charge in [-0.3, -0.25) is 0 Å². The lowest BCUT2D eigenvalue weighted by Crippen LogP contribution is -2.11. The lowest BCUT2D eigenvalue weighted by atomic mass is 10.1. The van der Waals surface area contributed by atoms with Gasteiger partial charge in [0.05, 0.1) is 19.8 Å². The van der Waals surface area contributed by atoms with Gasteiger partial charge in [-0.05, 0) is 24.1 Å². The molecule has 0 saturated carbocycles. The highest BCUT2D eigenvalue weighted by Gasteiger charge is 1.97. The molecule has 1 N–H and O–H groups in total. The van der Waals surface area contributed by atoms with E-state index in [0.29, 0.717) is 19.8 Å². The van der Waals surface area contributed by atoms with E-state index in [9.17, 15) is 0 Å². The summed E-state index contributed by atoms with van der Waals surface area (Å²) >= 11 is 0. The van der Waals surface area contributed by atoms with Crippen molar-refractivity contribution in [1.29, 1.82) is 0 Å². The topological polar surface area (TPSA) is 39.7 Å². The summed E-state index contributed by atoms with van der Waals surface area (Å²) in [4.78, 5) is 0. The standard InChI is InChI=1S/C16H27NO3/c1-3-17-13-15-6-4-7-16(12-15)14-20-9-5-8-19-11-10-18-2/h4,6-7,12,17H,3,5,8-11,13-14H2,1-2H3. The minimum absolute atomic E-state index is 0.652. The molecule has 0 aliphatic rings. The van der Waals surface area contributed by atoms with Crippen molar-refractivity contribution in [1.82, 2.24) is 5.32 Å². The van der Waals surface area contributed by atoms with Crippen molar-refractivity contribution in [2.75, 3.05) is 40.1 Å². The predicted octanol–water partition coefficient (Wildman–Crippen LogP) is 2.37. The van der Waals surface area contributed by atoms with Crippen molar-refractivity contribution in [3.63, 3.8) is 0 Å². The Labute approximate surface area is 122 Å². The van der Waals surface area contributed by atoms with E-state index in [0.717, 1.165) is 32.7 Å². The number of ether oxygens (including phenoxy) is 3. The number of nitrogens with one attached hydrogen (secondary N) is 1. The lowest BCUT2D eigenvalue weighted by Gasteiger charge is -2.07. The number of benzene rings is 1. The van der Waals surface area contributed by atoms with Crippen molar-refractivity contribution in [3.05, 3.63) is 35.4 Å². The van der Waals surface area contributed by atoms with E-state index < -0.39 is 0 Å². The Morgan fingerprint density at radius 3 is 2.60 bits per heavy atom. The van der Waals surface area contributed by atoms with Gasteiger partial charge in [-0.2, -0.15) is 0 Å². The van der Waals surface area contributed by atoms with Crippen LogP contribution in [0.5, 0.6) is 0 Å². The maximum atomic E-state index is 5.65. The highest BCUT2D eigenvalue weighted by Crippen LogP contribution is 2.06. The zero-order valence-corrected chi connectivity index (χ0v) is 12.7. The second-order valence-electron chi connectivity index (χ2n) is 4.61. The lowest BCUT2D eigenvalue weighted by molar-refractivity contribution is 0.0483. The summed E-state index contributed by atoms with van der Waals surface area (Å²) < 4.78 is 15.9. The third kappa shape index (κ3) is 8.27.